The predicted molar refractivity (Wildman–Crippen MR) is 50.6 cm³/mol. The summed E-state index contributed by atoms with van der Waals surface area (Å²) in [6.45, 7) is 6.04. The first kappa shape index (κ1) is 11.5. The normalized spacial score (nSPS) is 37.1. The fraction of sp³-hybridized carbons (Fsp3) is 0.900. The van der Waals surface area contributed by atoms with Crippen LogP contribution in [-0.4, -0.2) is 32.1 Å². The second-order valence-electron chi connectivity index (χ2n) is 3.83. The number of hydrogen-bond acceptors (Lipinski definition) is 4. The molecule has 0 amide bonds. The Balaban J connectivity index is 2.52. The molecular formula is C10H18O4. The summed E-state index contributed by atoms with van der Waals surface area (Å²) in [5.74, 6) is 0.269. The van der Waals surface area contributed by atoms with Crippen molar-refractivity contribution in [3.63, 3.8) is 0 Å². The molecule has 0 aromatic carbocycles. The molecule has 14 heavy (non-hydrogen) atoms. The molecule has 1 aliphatic rings. The van der Waals surface area contributed by atoms with E-state index in [2.05, 4.69) is 6.92 Å². The van der Waals surface area contributed by atoms with E-state index in [1.54, 1.807) is 7.11 Å². The molecule has 0 spiro atoms. The van der Waals surface area contributed by atoms with Gasteiger partial charge in [-0.15, -0.1) is 0 Å². The second kappa shape index (κ2) is 4.75. The van der Waals surface area contributed by atoms with Crippen LogP contribution < -0.4 is 0 Å². The Morgan fingerprint density at radius 2 is 2.00 bits per heavy atom. The van der Waals surface area contributed by atoms with Gasteiger partial charge in [0.1, 0.15) is 0 Å². The van der Waals surface area contributed by atoms with Crippen LogP contribution in [0.4, 0.5) is 0 Å². The van der Waals surface area contributed by atoms with E-state index in [0.717, 1.165) is 0 Å². The minimum absolute atomic E-state index is 0.0272. The van der Waals surface area contributed by atoms with Crippen LogP contribution in [0.25, 0.3) is 0 Å². The second-order valence-corrected chi connectivity index (χ2v) is 3.83. The molecule has 82 valence electrons. The lowest BCUT2D eigenvalue weighted by atomic mass is 9.94. The van der Waals surface area contributed by atoms with Crippen molar-refractivity contribution in [1.82, 2.24) is 0 Å². The summed E-state index contributed by atoms with van der Waals surface area (Å²) in [6, 6.07) is 0. The number of carbonyl (C=O) groups excluding carboxylic acids is 1. The van der Waals surface area contributed by atoms with Gasteiger partial charge in [0.05, 0.1) is 12.7 Å². The minimum atomic E-state index is -0.414. The van der Waals surface area contributed by atoms with Gasteiger partial charge in [-0.25, -0.2) is 0 Å². The Morgan fingerprint density at radius 1 is 1.36 bits per heavy atom. The quantitative estimate of drug-likeness (QED) is 0.645. The number of esters is 1. The highest BCUT2D eigenvalue weighted by atomic mass is 16.7. The van der Waals surface area contributed by atoms with Gasteiger partial charge in [-0.3, -0.25) is 4.79 Å². The van der Waals surface area contributed by atoms with Gasteiger partial charge in [0, 0.05) is 20.0 Å². The first-order valence-electron chi connectivity index (χ1n) is 4.88. The molecule has 1 fully saturated rings. The molecule has 0 saturated carbocycles. The van der Waals surface area contributed by atoms with E-state index < -0.39 is 6.29 Å². The monoisotopic (exact) mass is 202 g/mol. The van der Waals surface area contributed by atoms with E-state index in [1.807, 2.05) is 6.92 Å². The van der Waals surface area contributed by atoms with E-state index in [0.29, 0.717) is 12.5 Å². The molecule has 0 bridgehead atoms. The summed E-state index contributed by atoms with van der Waals surface area (Å²) in [7, 11) is 1.64. The van der Waals surface area contributed by atoms with Crippen LogP contribution in [0.5, 0.6) is 0 Å². The first-order chi connectivity index (χ1) is 6.56. The number of hydrogen-bond donors (Lipinski definition) is 0. The lowest BCUT2D eigenvalue weighted by Crippen LogP contribution is -2.22. The maximum Gasteiger partial charge on any atom is 0.304 e. The van der Waals surface area contributed by atoms with Gasteiger partial charge >= 0.3 is 5.97 Å². The third-order valence-electron chi connectivity index (χ3n) is 2.77. The van der Waals surface area contributed by atoms with E-state index >= 15 is 0 Å². The number of methoxy groups -OCH3 is 1. The SMILES string of the molecule is COC[C@H]1OC(OC(C)=O)[C@H](C)[C@@H]1C. The topological polar surface area (TPSA) is 44.8 Å². The smallest absolute Gasteiger partial charge is 0.304 e. The van der Waals surface area contributed by atoms with Crippen LogP contribution in [0.15, 0.2) is 0 Å². The zero-order chi connectivity index (χ0) is 10.7. The van der Waals surface area contributed by atoms with Crippen molar-refractivity contribution < 1.29 is 19.0 Å². The molecule has 0 aromatic rings. The van der Waals surface area contributed by atoms with Gasteiger partial charge in [0.15, 0.2) is 0 Å². The standard InChI is InChI=1S/C10H18O4/c1-6-7(2)10(13-8(3)11)14-9(6)5-12-4/h6-7,9-10H,5H2,1-4H3/t6-,7+,9+,10?/m0/s1. The van der Waals surface area contributed by atoms with Crippen LogP contribution in [0, 0.1) is 11.8 Å². The summed E-state index contributed by atoms with van der Waals surface area (Å²) in [5, 5.41) is 0. The molecule has 0 aliphatic carbocycles. The van der Waals surface area contributed by atoms with Gasteiger partial charge in [-0.2, -0.15) is 0 Å². The average Bonchev–Trinajstić information content (AvgIpc) is 2.34. The molecule has 4 nitrogen and oxygen atoms in total. The summed E-state index contributed by atoms with van der Waals surface area (Å²) in [6.07, 6.45) is -0.387. The molecule has 0 N–H and O–H groups in total. The molecule has 1 aliphatic heterocycles. The highest BCUT2D eigenvalue weighted by molar-refractivity contribution is 5.66. The van der Waals surface area contributed by atoms with Crippen molar-refractivity contribution in [2.75, 3.05) is 13.7 Å². The van der Waals surface area contributed by atoms with Crippen LogP contribution in [0.2, 0.25) is 0 Å². The Bertz CT molecular complexity index is 204. The maximum atomic E-state index is 10.8. The average molecular weight is 202 g/mol. The zero-order valence-corrected chi connectivity index (χ0v) is 9.15. The summed E-state index contributed by atoms with van der Waals surface area (Å²) >= 11 is 0. The lowest BCUT2D eigenvalue weighted by molar-refractivity contribution is -0.180. The first-order valence-corrected chi connectivity index (χ1v) is 4.88. The summed E-state index contributed by atoms with van der Waals surface area (Å²) in [5.41, 5.74) is 0. The zero-order valence-electron chi connectivity index (χ0n) is 9.15. The Morgan fingerprint density at radius 3 is 2.50 bits per heavy atom. The van der Waals surface area contributed by atoms with E-state index in [9.17, 15) is 4.79 Å². The number of carbonyl (C=O) groups is 1. The van der Waals surface area contributed by atoms with Gasteiger partial charge in [0.25, 0.3) is 0 Å². The summed E-state index contributed by atoms with van der Waals surface area (Å²) < 4.78 is 15.7. The number of ether oxygens (including phenoxy) is 3. The van der Waals surface area contributed by atoms with Crippen molar-refractivity contribution in [1.29, 1.82) is 0 Å². The lowest BCUT2D eigenvalue weighted by Gasteiger charge is -2.15. The maximum absolute atomic E-state index is 10.8. The van der Waals surface area contributed by atoms with Gasteiger partial charge in [0.2, 0.25) is 6.29 Å². The van der Waals surface area contributed by atoms with Crippen molar-refractivity contribution >= 4 is 5.97 Å². The Kier molecular flexibility index (Phi) is 3.89. The van der Waals surface area contributed by atoms with Gasteiger partial charge in [-0.05, 0) is 5.92 Å². The summed E-state index contributed by atoms with van der Waals surface area (Å²) in [4.78, 5) is 10.8. The minimum Gasteiger partial charge on any atom is -0.436 e. The molecular weight excluding hydrogens is 184 g/mol. The Labute approximate surface area is 84.5 Å². The van der Waals surface area contributed by atoms with Crippen LogP contribution in [0.3, 0.4) is 0 Å². The van der Waals surface area contributed by atoms with Gasteiger partial charge in [-0.1, -0.05) is 13.8 Å². The molecule has 4 atom stereocenters. The Hall–Kier alpha value is -0.610. The van der Waals surface area contributed by atoms with Gasteiger partial charge < -0.3 is 14.2 Å². The number of rotatable bonds is 3. The third-order valence-corrected chi connectivity index (χ3v) is 2.77. The molecule has 1 saturated heterocycles. The largest absolute Gasteiger partial charge is 0.436 e. The van der Waals surface area contributed by atoms with Crippen LogP contribution >= 0.6 is 0 Å². The van der Waals surface area contributed by atoms with E-state index in [1.165, 1.54) is 6.92 Å². The van der Waals surface area contributed by atoms with Crippen molar-refractivity contribution in [3.05, 3.63) is 0 Å². The van der Waals surface area contributed by atoms with E-state index in [-0.39, 0.29) is 18.0 Å². The molecule has 0 radical (unpaired) electrons. The third kappa shape index (κ3) is 2.45. The van der Waals surface area contributed by atoms with Crippen LogP contribution in [0.1, 0.15) is 20.8 Å². The fourth-order valence-electron chi connectivity index (χ4n) is 1.66. The highest BCUT2D eigenvalue weighted by Crippen LogP contribution is 2.32. The molecule has 1 unspecified atom stereocenters. The van der Waals surface area contributed by atoms with Crippen molar-refractivity contribution in [3.8, 4) is 0 Å². The van der Waals surface area contributed by atoms with Crippen molar-refractivity contribution in [2.24, 2.45) is 11.8 Å². The predicted octanol–water partition coefficient (Wildman–Crippen LogP) is 1.19. The van der Waals surface area contributed by atoms with Crippen LogP contribution in [-0.2, 0) is 19.0 Å². The fourth-order valence-corrected chi connectivity index (χ4v) is 1.66. The van der Waals surface area contributed by atoms with Crippen molar-refractivity contribution in [2.45, 2.75) is 33.2 Å². The highest BCUT2D eigenvalue weighted by Gasteiger charge is 2.40. The molecule has 0 aromatic heterocycles. The molecule has 1 rings (SSSR count). The molecule has 1 heterocycles. The molecule has 4 heteroatoms. The van der Waals surface area contributed by atoms with E-state index in [4.69, 9.17) is 14.2 Å².